The zero-order chi connectivity index (χ0) is 24.2. The molecule has 8 nitrogen and oxygen atoms in total. The zero-order valence-corrected chi connectivity index (χ0v) is 18.9. The first-order valence-corrected chi connectivity index (χ1v) is 11.2. The Balaban J connectivity index is 1.55. The number of nitrogens with two attached hydrogens (primary N) is 2. The van der Waals surface area contributed by atoms with Gasteiger partial charge in [-0.3, -0.25) is 9.59 Å². The summed E-state index contributed by atoms with van der Waals surface area (Å²) in [6, 6.07) is 17.1. The minimum absolute atomic E-state index is 0.0682. The van der Waals surface area contributed by atoms with E-state index in [2.05, 4.69) is 10.5 Å². The van der Waals surface area contributed by atoms with Gasteiger partial charge in [0.15, 0.2) is 5.82 Å². The Hall–Kier alpha value is -3.72. The Morgan fingerprint density at radius 1 is 1.15 bits per heavy atom. The molecule has 1 aromatic heterocycles. The lowest BCUT2D eigenvalue weighted by molar-refractivity contribution is -0.138. The Morgan fingerprint density at radius 2 is 1.79 bits per heavy atom. The van der Waals surface area contributed by atoms with Crippen molar-refractivity contribution in [2.75, 3.05) is 12.3 Å². The fourth-order valence-corrected chi connectivity index (χ4v) is 4.21. The SMILES string of the molecule is CC(N)c1ccc([C@@H](NC(=O)[C@@H]2C[C@@H](F)CN2C(=O)Cc2cc(N)no2)c2ccccc2)cc1. The molecule has 0 radical (unpaired) electrons. The molecular formula is C25H28FN5O3. The first-order valence-electron chi connectivity index (χ1n) is 11.2. The second kappa shape index (κ2) is 10.0. The van der Waals surface area contributed by atoms with Crippen LogP contribution >= 0.6 is 0 Å². The first kappa shape index (κ1) is 23.4. The molecule has 2 aromatic carbocycles. The van der Waals surface area contributed by atoms with Crippen LogP contribution in [0.1, 0.15) is 47.9 Å². The molecule has 0 spiro atoms. The van der Waals surface area contributed by atoms with Gasteiger partial charge in [-0.2, -0.15) is 0 Å². The molecule has 1 fully saturated rings. The van der Waals surface area contributed by atoms with Crippen LogP contribution in [0, 0.1) is 0 Å². The van der Waals surface area contributed by atoms with Crippen LogP contribution in [0.4, 0.5) is 10.2 Å². The number of amides is 2. The van der Waals surface area contributed by atoms with E-state index in [-0.39, 0.29) is 37.0 Å². The third kappa shape index (κ3) is 5.26. The number of anilines is 1. The summed E-state index contributed by atoms with van der Waals surface area (Å²) in [6.45, 7) is 1.75. The van der Waals surface area contributed by atoms with Crippen LogP contribution in [0.15, 0.2) is 65.2 Å². The summed E-state index contributed by atoms with van der Waals surface area (Å²) in [6.07, 6.45) is -1.51. The number of aromatic nitrogens is 1. The quantitative estimate of drug-likeness (QED) is 0.492. The van der Waals surface area contributed by atoms with E-state index in [9.17, 15) is 14.0 Å². The van der Waals surface area contributed by atoms with Crippen molar-refractivity contribution in [3.63, 3.8) is 0 Å². The molecule has 3 aromatic rings. The number of benzene rings is 2. The molecule has 0 bridgehead atoms. The van der Waals surface area contributed by atoms with Crippen molar-refractivity contribution < 1.29 is 18.5 Å². The van der Waals surface area contributed by atoms with Crippen LogP contribution in [-0.4, -0.2) is 40.6 Å². The van der Waals surface area contributed by atoms with Crippen LogP contribution in [0.3, 0.4) is 0 Å². The number of carbonyl (C=O) groups is 2. The van der Waals surface area contributed by atoms with Gasteiger partial charge < -0.3 is 26.2 Å². The summed E-state index contributed by atoms with van der Waals surface area (Å²) in [5.74, 6) is -0.423. The van der Waals surface area contributed by atoms with Gasteiger partial charge in [0, 0.05) is 18.5 Å². The Labute approximate surface area is 197 Å². The maximum Gasteiger partial charge on any atom is 0.243 e. The van der Waals surface area contributed by atoms with Crippen LogP contribution in [-0.2, 0) is 16.0 Å². The third-order valence-electron chi connectivity index (χ3n) is 5.99. The van der Waals surface area contributed by atoms with Crippen molar-refractivity contribution in [3.05, 3.63) is 83.1 Å². The lowest BCUT2D eigenvalue weighted by Crippen LogP contribution is -2.47. The minimum Gasteiger partial charge on any atom is -0.381 e. The molecule has 1 saturated heterocycles. The molecule has 2 heterocycles. The van der Waals surface area contributed by atoms with E-state index in [4.69, 9.17) is 16.0 Å². The summed E-state index contributed by atoms with van der Waals surface area (Å²) >= 11 is 0. The molecule has 9 heteroatoms. The number of nitrogens with zero attached hydrogens (tertiary/aromatic N) is 2. The number of hydrogen-bond acceptors (Lipinski definition) is 6. The molecule has 4 atom stereocenters. The van der Waals surface area contributed by atoms with Crippen molar-refractivity contribution in [3.8, 4) is 0 Å². The van der Waals surface area contributed by atoms with Gasteiger partial charge in [0.1, 0.15) is 18.0 Å². The Kier molecular flexibility index (Phi) is 6.93. The molecule has 0 aliphatic carbocycles. The second-order valence-electron chi connectivity index (χ2n) is 8.60. The number of halogens is 1. The smallest absolute Gasteiger partial charge is 0.243 e. The summed E-state index contributed by atoms with van der Waals surface area (Å²) in [4.78, 5) is 27.5. The van der Waals surface area contributed by atoms with Crippen LogP contribution < -0.4 is 16.8 Å². The third-order valence-corrected chi connectivity index (χ3v) is 5.99. The van der Waals surface area contributed by atoms with Crippen LogP contribution in [0.25, 0.3) is 0 Å². The van der Waals surface area contributed by atoms with Gasteiger partial charge >= 0.3 is 0 Å². The van der Waals surface area contributed by atoms with Gasteiger partial charge in [-0.05, 0) is 23.6 Å². The molecule has 1 unspecified atom stereocenters. The van der Waals surface area contributed by atoms with Crippen LogP contribution in [0.2, 0.25) is 0 Å². The highest BCUT2D eigenvalue weighted by molar-refractivity contribution is 5.89. The largest absolute Gasteiger partial charge is 0.381 e. The van der Waals surface area contributed by atoms with Gasteiger partial charge in [0.05, 0.1) is 19.0 Å². The maximum absolute atomic E-state index is 14.3. The number of alkyl halides is 1. The topological polar surface area (TPSA) is 127 Å². The normalized spacial score (nSPS) is 19.6. The van der Waals surface area contributed by atoms with E-state index >= 15 is 0 Å². The molecule has 1 aliphatic heterocycles. The van der Waals surface area contributed by atoms with Crippen molar-refractivity contribution in [2.45, 2.75) is 44.1 Å². The number of rotatable bonds is 7. The van der Waals surface area contributed by atoms with E-state index in [0.717, 1.165) is 16.7 Å². The van der Waals surface area contributed by atoms with Gasteiger partial charge in [-0.15, -0.1) is 0 Å². The molecular weight excluding hydrogens is 437 g/mol. The molecule has 1 aliphatic rings. The standard InChI is InChI=1S/C25H28FN5O3/c1-15(27)16-7-9-18(10-8-16)24(17-5-3-2-4-6-17)29-25(33)21-11-19(26)14-31(21)23(32)13-20-12-22(28)30-34-20/h2-10,12,15,19,21,24H,11,13-14,27H2,1H3,(H2,28,30)(H,29,33)/t15?,19-,21+,24+/m1/s1. The molecule has 4 rings (SSSR count). The fraction of sp³-hybridized carbons (Fsp3) is 0.320. The average Bonchev–Trinajstić information content (AvgIpc) is 3.43. The van der Waals surface area contributed by atoms with E-state index in [0.29, 0.717) is 0 Å². The van der Waals surface area contributed by atoms with Crippen molar-refractivity contribution in [1.82, 2.24) is 15.4 Å². The molecule has 0 saturated carbocycles. The number of nitrogens with one attached hydrogen (secondary N) is 1. The fourth-order valence-electron chi connectivity index (χ4n) is 4.21. The van der Waals surface area contributed by atoms with E-state index in [1.165, 1.54) is 11.0 Å². The Bertz CT molecular complexity index is 1130. The van der Waals surface area contributed by atoms with E-state index < -0.39 is 30.1 Å². The molecule has 178 valence electrons. The number of carbonyl (C=O) groups excluding carboxylic acids is 2. The van der Waals surface area contributed by atoms with Gasteiger partial charge in [0.25, 0.3) is 0 Å². The lowest BCUT2D eigenvalue weighted by Gasteiger charge is -2.27. The summed E-state index contributed by atoms with van der Waals surface area (Å²) in [5, 5.41) is 6.59. The highest BCUT2D eigenvalue weighted by atomic mass is 19.1. The predicted molar refractivity (Wildman–Crippen MR) is 125 cm³/mol. The highest BCUT2D eigenvalue weighted by Crippen LogP contribution is 2.27. The van der Waals surface area contributed by atoms with Gasteiger partial charge in [0.2, 0.25) is 11.8 Å². The number of hydrogen-bond donors (Lipinski definition) is 3. The maximum atomic E-state index is 14.3. The zero-order valence-electron chi connectivity index (χ0n) is 18.9. The highest BCUT2D eigenvalue weighted by Gasteiger charge is 2.40. The molecule has 34 heavy (non-hydrogen) atoms. The van der Waals surface area contributed by atoms with Crippen molar-refractivity contribution >= 4 is 17.6 Å². The average molecular weight is 466 g/mol. The van der Waals surface area contributed by atoms with E-state index in [1.54, 1.807) is 0 Å². The number of nitrogen functional groups attached to an aromatic ring is 1. The van der Waals surface area contributed by atoms with Crippen LogP contribution in [0.5, 0.6) is 0 Å². The van der Waals surface area contributed by atoms with E-state index in [1.807, 2.05) is 61.5 Å². The first-order chi connectivity index (χ1) is 16.3. The second-order valence-corrected chi connectivity index (χ2v) is 8.60. The summed E-state index contributed by atoms with van der Waals surface area (Å²) in [7, 11) is 0. The summed E-state index contributed by atoms with van der Waals surface area (Å²) < 4.78 is 19.3. The monoisotopic (exact) mass is 465 g/mol. The number of likely N-dealkylation sites (tertiary alicyclic amines) is 1. The lowest BCUT2D eigenvalue weighted by atomic mass is 9.96. The van der Waals surface area contributed by atoms with Gasteiger partial charge in [-0.1, -0.05) is 59.8 Å². The summed E-state index contributed by atoms with van der Waals surface area (Å²) in [5.41, 5.74) is 14.2. The Morgan fingerprint density at radius 3 is 2.41 bits per heavy atom. The minimum atomic E-state index is -1.29. The molecule has 5 N–H and O–H groups in total. The predicted octanol–water partition coefficient (Wildman–Crippen LogP) is 2.66. The van der Waals surface area contributed by atoms with Crippen molar-refractivity contribution in [1.29, 1.82) is 0 Å². The van der Waals surface area contributed by atoms with Crippen molar-refractivity contribution in [2.24, 2.45) is 5.73 Å². The molecule has 2 amide bonds. The van der Waals surface area contributed by atoms with Gasteiger partial charge in [-0.25, -0.2) is 4.39 Å².